The molecule has 2 aliphatic heterocycles. The Kier molecular flexibility index (Phi) is 7.63. The van der Waals surface area contributed by atoms with Crippen LogP contribution in [0.2, 0.25) is 0 Å². The third kappa shape index (κ3) is 5.80. The van der Waals surface area contributed by atoms with Crippen LogP contribution in [-0.2, 0) is 0 Å². The number of rotatable bonds is 9. The van der Waals surface area contributed by atoms with E-state index in [0.29, 0.717) is 41.9 Å². The number of alkyl halides is 3. The second kappa shape index (κ2) is 10.8. The van der Waals surface area contributed by atoms with E-state index in [4.69, 9.17) is 5.11 Å². The zero-order valence-electron chi connectivity index (χ0n) is 21.4. The molecule has 2 saturated heterocycles. The number of halogens is 3. The summed E-state index contributed by atoms with van der Waals surface area (Å²) in [6, 6.07) is 7.12. The first-order chi connectivity index (χ1) is 18.2. The molecule has 8 nitrogen and oxygen atoms in total. The Morgan fingerprint density at radius 1 is 1.16 bits per heavy atom. The molecule has 0 radical (unpaired) electrons. The number of nitrogens with zero attached hydrogens (tertiary/aromatic N) is 4. The van der Waals surface area contributed by atoms with Crippen molar-refractivity contribution in [3.8, 4) is 0 Å². The van der Waals surface area contributed by atoms with E-state index in [1.807, 2.05) is 6.07 Å². The number of anilines is 4. The Balaban J connectivity index is 1.36. The van der Waals surface area contributed by atoms with Gasteiger partial charge in [0, 0.05) is 67.6 Å². The summed E-state index contributed by atoms with van der Waals surface area (Å²) in [5, 5.41) is 12.0. The van der Waals surface area contributed by atoms with E-state index in [0.717, 1.165) is 24.2 Å². The number of benzene rings is 1. The first kappa shape index (κ1) is 26.9. The summed E-state index contributed by atoms with van der Waals surface area (Å²) in [7, 11) is 0. The van der Waals surface area contributed by atoms with E-state index in [1.165, 1.54) is 11.9 Å². The quantitative estimate of drug-likeness (QED) is 0.310. The lowest BCUT2D eigenvalue weighted by atomic mass is 9.96. The van der Waals surface area contributed by atoms with Crippen molar-refractivity contribution in [3.63, 3.8) is 0 Å². The van der Waals surface area contributed by atoms with Crippen molar-refractivity contribution in [2.75, 3.05) is 65.1 Å². The van der Waals surface area contributed by atoms with Gasteiger partial charge in [-0.05, 0) is 43.9 Å². The largest absolute Gasteiger partial charge is 0.395 e. The van der Waals surface area contributed by atoms with Crippen molar-refractivity contribution in [1.29, 1.82) is 0 Å². The number of fused-ring (bicyclic) bond motifs is 1. The van der Waals surface area contributed by atoms with Crippen molar-refractivity contribution in [2.45, 2.75) is 38.5 Å². The van der Waals surface area contributed by atoms with Crippen LogP contribution in [0.15, 0.2) is 24.3 Å². The molecule has 1 amide bonds. The monoisotopic (exact) mass is 550 g/mol. The van der Waals surface area contributed by atoms with Crippen molar-refractivity contribution in [3.05, 3.63) is 35.5 Å². The van der Waals surface area contributed by atoms with Gasteiger partial charge in [0.2, 0.25) is 5.95 Å². The predicted molar refractivity (Wildman–Crippen MR) is 144 cm³/mol. The summed E-state index contributed by atoms with van der Waals surface area (Å²) in [5.74, 6) is -1.60. The predicted octanol–water partition coefficient (Wildman–Crippen LogP) is 4.51. The van der Waals surface area contributed by atoms with Crippen molar-refractivity contribution < 1.29 is 23.1 Å². The standard InChI is InChI=1S/C26H33F3N6O2S/c1-17-12-22(32-24(30-17)34-8-5-26(28,29)6-9-34)31-23(37)20-3-2-19(33-38-11-10-36)13-21(20)35-7-4-25(16-27)14-18(25)15-35/h2-3,12-13,18,33,36H,4-11,14-16H2,1H3,(H,30,31,32,37). The summed E-state index contributed by atoms with van der Waals surface area (Å²) in [4.78, 5) is 26.2. The lowest BCUT2D eigenvalue weighted by Crippen LogP contribution is -2.40. The van der Waals surface area contributed by atoms with Gasteiger partial charge in [-0.2, -0.15) is 4.98 Å². The molecule has 1 saturated carbocycles. The SMILES string of the molecule is Cc1cc(NC(=O)c2ccc(NSCCO)cc2N2CCC3(CF)CC3C2)nc(N2CCC(F)(F)CC2)n1. The molecule has 206 valence electrons. The molecular weight excluding hydrogens is 517 g/mol. The average Bonchev–Trinajstić information content (AvgIpc) is 3.63. The molecule has 3 heterocycles. The van der Waals surface area contributed by atoms with Crippen LogP contribution in [0.3, 0.4) is 0 Å². The number of carbonyl (C=O) groups is 1. The number of aryl methyl sites for hydroxylation is 1. The number of aromatic nitrogens is 2. The smallest absolute Gasteiger partial charge is 0.258 e. The van der Waals surface area contributed by atoms with Crippen molar-refractivity contribution in [2.24, 2.45) is 11.3 Å². The zero-order chi connectivity index (χ0) is 26.9. The topological polar surface area (TPSA) is 93.6 Å². The van der Waals surface area contributed by atoms with Crippen LogP contribution in [-0.4, -0.2) is 72.1 Å². The van der Waals surface area contributed by atoms with Crippen LogP contribution in [0, 0.1) is 18.3 Å². The van der Waals surface area contributed by atoms with Gasteiger partial charge >= 0.3 is 0 Å². The highest BCUT2D eigenvalue weighted by molar-refractivity contribution is 8.00. The molecule has 1 aliphatic carbocycles. The summed E-state index contributed by atoms with van der Waals surface area (Å²) in [6.07, 6.45) is 1.10. The van der Waals surface area contributed by atoms with E-state index in [1.54, 1.807) is 30.0 Å². The molecular formula is C26H33F3N6O2S. The molecule has 12 heteroatoms. The Morgan fingerprint density at radius 2 is 1.92 bits per heavy atom. The molecule has 0 bridgehead atoms. The van der Waals surface area contributed by atoms with Crippen LogP contribution in [0.4, 0.5) is 36.3 Å². The molecule has 38 heavy (non-hydrogen) atoms. The molecule has 2 unspecified atom stereocenters. The Morgan fingerprint density at radius 3 is 2.63 bits per heavy atom. The van der Waals surface area contributed by atoms with Crippen LogP contribution < -0.4 is 19.8 Å². The minimum Gasteiger partial charge on any atom is -0.395 e. The first-order valence-electron chi connectivity index (χ1n) is 13.0. The average molecular weight is 551 g/mol. The summed E-state index contributed by atoms with van der Waals surface area (Å²) >= 11 is 1.37. The van der Waals surface area contributed by atoms with Crippen molar-refractivity contribution >= 4 is 41.0 Å². The van der Waals surface area contributed by atoms with E-state index in [9.17, 15) is 18.0 Å². The zero-order valence-corrected chi connectivity index (χ0v) is 22.2. The fourth-order valence-electron chi connectivity index (χ4n) is 5.37. The summed E-state index contributed by atoms with van der Waals surface area (Å²) < 4.78 is 44.0. The third-order valence-electron chi connectivity index (χ3n) is 7.77. The normalized spacial score (nSPS) is 24.1. The van der Waals surface area contributed by atoms with Crippen LogP contribution in [0.5, 0.6) is 0 Å². The van der Waals surface area contributed by atoms with Gasteiger partial charge in [-0.15, -0.1) is 0 Å². The lowest BCUT2D eigenvalue weighted by molar-refractivity contribution is -0.0222. The molecule has 2 aromatic rings. The number of aliphatic hydroxyl groups is 1. The van der Waals surface area contributed by atoms with E-state index in [2.05, 4.69) is 24.9 Å². The maximum atomic E-state index is 13.6. The molecule has 3 aliphatic rings. The Labute approximate surface area is 224 Å². The molecule has 5 rings (SSSR count). The number of piperidine rings is 2. The van der Waals surface area contributed by atoms with Gasteiger partial charge in [0.1, 0.15) is 5.82 Å². The van der Waals surface area contributed by atoms with E-state index >= 15 is 0 Å². The summed E-state index contributed by atoms with van der Waals surface area (Å²) in [5.41, 5.74) is 2.44. The first-order valence-corrected chi connectivity index (χ1v) is 13.9. The van der Waals surface area contributed by atoms with Gasteiger partial charge < -0.3 is 24.9 Å². The number of amides is 1. The van der Waals surface area contributed by atoms with Gasteiger partial charge in [0.05, 0.1) is 24.5 Å². The number of nitrogens with one attached hydrogen (secondary N) is 2. The number of hydrogen-bond donors (Lipinski definition) is 3. The van der Waals surface area contributed by atoms with Gasteiger partial charge in [0.25, 0.3) is 11.8 Å². The summed E-state index contributed by atoms with van der Waals surface area (Å²) in [6.45, 7) is 3.15. The van der Waals surface area contributed by atoms with Gasteiger partial charge in [0.15, 0.2) is 0 Å². The van der Waals surface area contributed by atoms with Gasteiger partial charge in [-0.25, -0.2) is 13.8 Å². The second-order valence-electron chi connectivity index (χ2n) is 10.5. The van der Waals surface area contributed by atoms with Crippen LogP contribution in [0.1, 0.15) is 41.7 Å². The highest BCUT2D eigenvalue weighted by Gasteiger charge is 2.56. The number of carbonyl (C=O) groups excluding carboxylic acids is 1. The minimum absolute atomic E-state index is 0.0460. The molecule has 3 N–H and O–H groups in total. The lowest BCUT2D eigenvalue weighted by Gasteiger charge is -2.33. The Bertz CT molecular complexity index is 1180. The third-order valence-corrected chi connectivity index (χ3v) is 8.54. The maximum Gasteiger partial charge on any atom is 0.258 e. The fourth-order valence-corrected chi connectivity index (χ4v) is 5.85. The maximum absolute atomic E-state index is 13.6. The molecule has 2 atom stereocenters. The highest BCUT2D eigenvalue weighted by Crippen LogP contribution is 2.58. The van der Waals surface area contributed by atoms with E-state index < -0.39 is 5.92 Å². The molecule has 3 fully saturated rings. The number of aliphatic hydroxyl groups excluding tert-OH is 1. The molecule has 0 spiro atoms. The Hall–Kier alpha value is -2.73. The fraction of sp³-hybridized carbons (Fsp3) is 0.577. The number of hydrogen-bond acceptors (Lipinski definition) is 8. The van der Waals surface area contributed by atoms with Crippen LogP contribution in [0.25, 0.3) is 0 Å². The van der Waals surface area contributed by atoms with Crippen molar-refractivity contribution in [1.82, 2.24) is 9.97 Å². The van der Waals surface area contributed by atoms with Gasteiger partial charge in [-0.1, -0.05) is 11.9 Å². The van der Waals surface area contributed by atoms with E-state index in [-0.39, 0.29) is 56.5 Å². The van der Waals surface area contributed by atoms with Gasteiger partial charge in [-0.3, -0.25) is 9.18 Å². The van der Waals surface area contributed by atoms with Crippen LogP contribution >= 0.6 is 11.9 Å². The molecule has 1 aromatic heterocycles. The minimum atomic E-state index is -2.68. The molecule has 1 aromatic carbocycles. The second-order valence-corrected chi connectivity index (χ2v) is 11.4. The highest BCUT2D eigenvalue weighted by atomic mass is 32.2.